The molecule has 1 saturated carbocycles. The topological polar surface area (TPSA) is 33.2 Å². The smallest absolute Gasteiger partial charge is 0.225 e. The molecule has 2 fully saturated rings. The number of benzene rings is 2. The summed E-state index contributed by atoms with van der Waals surface area (Å²) < 4.78 is 0. The third-order valence-electron chi connectivity index (χ3n) is 6.33. The molecule has 29 heavy (non-hydrogen) atoms. The van der Waals surface area contributed by atoms with Crippen LogP contribution in [0.3, 0.4) is 0 Å². The summed E-state index contributed by atoms with van der Waals surface area (Å²) >= 11 is 6.54. The van der Waals surface area contributed by atoms with Gasteiger partial charge in [-0.25, -0.2) is 0 Å². The first-order valence-corrected chi connectivity index (χ1v) is 11.0. The molecular formula is C25H25ClN2O. The second kappa shape index (κ2) is 7.79. The van der Waals surface area contributed by atoms with Crippen molar-refractivity contribution in [3.8, 4) is 11.1 Å². The highest BCUT2D eigenvalue weighted by atomic mass is 35.5. The SMILES string of the molecule is O=C(C1CC1)N1CCC(Cc2ccc(-c3cc4ncccc4cc3Cl)cc2)CC1. The molecular weight excluding hydrogens is 380 g/mol. The Kier molecular flexibility index (Phi) is 5.01. The third-order valence-corrected chi connectivity index (χ3v) is 6.65. The number of carbonyl (C=O) groups excluding carboxylic acids is 1. The molecule has 5 rings (SSSR count). The van der Waals surface area contributed by atoms with Gasteiger partial charge >= 0.3 is 0 Å². The molecule has 1 amide bonds. The minimum atomic E-state index is 0.344. The van der Waals surface area contributed by atoms with Crippen molar-refractivity contribution in [1.29, 1.82) is 0 Å². The van der Waals surface area contributed by atoms with Crippen LogP contribution in [0.4, 0.5) is 0 Å². The molecule has 2 heterocycles. The number of carbonyl (C=O) groups is 1. The predicted octanol–water partition coefficient (Wildman–Crippen LogP) is 5.75. The van der Waals surface area contributed by atoms with E-state index < -0.39 is 0 Å². The Morgan fingerprint density at radius 2 is 1.79 bits per heavy atom. The van der Waals surface area contributed by atoms with E-state index >= 15 is 0 Å². The van der Waals surface area contributed by atoms with Crippen molar-refractivity contribution in [2.24, 2.45) is 11.8 Å². The standard InChI is InChI=1S/C25H25ClN2O/c26-23-15-21-2-1-11-27-24(21)16-22(23)19-5-3-17(4-6-19)14-18-9-12-28(13-10-18)25(29)20-7-8-20/h1-6,11,15-16,18,20H,7-10,12-14H2. The average Bonchev–Trinajstić information content (AvgIpc) is 3.59. The summed E-state index contributed by atoms with van der Waals surface area (Å²) in [5.74, 6) is 1.41. The fourth-order valence-corrected chi connectivity index (χ4v) is 4.69. The minimum absolute atomic E-state index is 0.344. The zero-order valence-corrected chi connectivity index (χ0v) is 17.2. The van der Waals surface area contributed by atoms with Gasteiger partial charge in [-0.15, -0.1) is 0 Å². The second-order valence-corrected chi connectivity index (χ2v) is 8.88. The van der Waals surface area contributed by atoms with Crippen LogP contribution in [0.5, 0.6) is 0 Å². The van der Waals surface area contributed by atoms with Crippen LogP contribution in [-0.2, 0) is 11.2 Å². The summed E-state index contributed by atoms with van der Waals surface area (Å²) in [7, 11) is 0. The van der Waals surface area contributed by atoms with Crippen LogP contribution in [0, 0.1) is 11.8 Å². The van der Waals surface area contributed by atoms with Crippen molar-refractivity contribution in [3.05, 3.63) is 65.3 Å². The van der Waals surface area contributed by atoms with Gasteiger partial charge in [0, 0.05) is 41.2 Å². The van der Waals surface area contributed by atoms with Crippen LogP contribution in [-0.4, -0.2) is 28.9 Å². The molecule has 2 aromatic carbocycles. The van der Waals surface area contributed by atoms with E-state index in [-0.39, 0.29) is 0 Å². The highest BCUT2D eigenvalue weighted by Gasteiger charge is 2.34. The normalized spacial score (nSPS) is 17.6. The number of halogens is 1. The lowest BCUT2D eigenvalue weighted by Crippen LogP contribution is -2.39. The number of aromatic nitrogens is 1. The van der Waals surface area contributed by atoms with Gasteiger partial charge in [-0.1, -0.05) is 41.9 Å². The van der Waals surface area contributed by atoms with Gasteiger partial charge < -0.3 is 4.90 Å². The Morgan fingerprint density at radius 1 is 1.03 bits per heavy atom. The van der Waals surface area contributed by atoms with Crippen molar-refractivity contribution in [3.63, 3.8) is 0 Å². The number of pyridine rings is 1. The summed E-state index contributed by atoms with van der Waals surface area (Å²) in [5.41, 5.74) is 4.46. The van der Waals surface area contributed by atoms with Gasteiger partial charge in [0.05, 0.1) is 5.52 Å². The second-order valence-electron chi connectivity index (χ2n) is 8.47. The minimum Gasteiger partial charge on any atom is -0.342 e. The van der Waals surface area contributed by atoms with Crippen molar-refractivity contribution in [2.75, 3.05) is 13.1 Å². The van der Waals surface area contributed by atoms with Crippen molar-refractivity contribution >= 4 is 28.4 Å². The van der Waals surface area contributed by atoms with Crippen LogP contribution in [0.25, 0.3) is 22.0 Å². The van der Waals surface area contributed by atoms with E-state index in [1.54, 1.807) is 0 Å². The summed E-state index contributed by atoms with van der Waals surface area (Å²) in [4.78, 5) is 18.8. The fourth-order valence-electron chi connectivity index (χ4n) is 4.41. The van der Waals surface area contributed by atoms with Gasteiger partial charge in [0.2, 0.25) is 5.91 Å². The zero-order valence-electron chi connectivity index (χ0n) is 16.5. The molecule has 0 spiro atoms. The number of rotatable bonds is 4. The molecule has 1 aliphatic heterocycles. The number of hydrogen-bond donors (Lipinski definition) is 0. The van der Waals surface area contributed by atoms with E-state index in [2.05, 4.69) is 40.2 Å². The van der Waals surface area contributed by atoms with E-state index in [1.807, 2.05) is 24.4 Å². The highest BCUT2D eigenvalue weighted by molar-refractivity contribution is 6.34. The first kappa shape index (κ1) is 18.6. The number of amides is 1. The van der Waals surface area contributed by atoms with Crippen molar-refractivity contribution in [2.45, 2.75) is 32.1 Å². The number of hydrogen-bond acceptors (Lipinski definition) is 2. The Hall–Kier alpha value is -2.39. The predicted molar refractivity (Wildman–Crippen MR) is 118 cm³/mol. The van der Waals surface area contributed by atoms with Gasteiger partial charge in [0.25, 0.3) is 0 Å². The lowest BCUT2D eigenvalue weighted by atomic mass is 9.89. The Balaban J connectivity index is 1.25. The van der Waals surface area contributed by atoms with Crippen molar-refractivity contribution in [1.82, 2.24) is 9.88 Å². The summed E-state index contributed by atoms with van der Waals surface area (Å²) in [5, 5.41) is 1.82. The maximum absolute atomic E-state index is 12.2. The molecule has 1 aromatic heterocycles. The van der Waals surface area contributed by atoms with Gasteiger partial charge in [0.15, 0.2) is 0 Å². The van der Waals surface area contributed by atoms with Crippen LogP contribution in [0.2, 0.25) is 5.02 Å². The number of piperidine rings is 1. The molecule has 3 nitrogen and oxygen atoms in total. The quantitative estimate of drug-likeness (QED) is 0.555. The molecule has 3 aromatic rings. The van der Waals surface area contributed by atoms with Crippen LogP contribution in [0.15, 0.2) is 54.7 Å². The van der Waals surface area contributed by atoms with Gasteiger partial charge in [-0.3, -0.25) is 9.78 Å². The van der Waals surface area contributed by atoms with E-state index in [4.69, 9.17) is 11.6 Å². The number of nitrogens with zero attached hydrogens (tertiary/aromatic N) is 2. The fraction of sp³-hybridized carbons (Fsp3) is 0.360. The molecule has 0 atom stereocenters. The van der Waals surface area contributed by atoms with Crippen molar-refractivity contribution < 1.29 is 4.79 Å². The maximum Gasteiger partial charge on any atom is 0.225 e. The molecule has 4 heteroatoms. The summed E-state index contributed by atoms with van der Waals surface area (Å²) in [6.45, 7) is 1.86. The number of likely N-dealkylation sites (tertiary alicyclic amines) is 1. The van der Waals surface area contributed by atoms with Crippen LogP contribution in [0.1, 0.15) is 31.2 Å². The summed E-state index contributed by atoms with van der Waals surface area (Å²) in [6.07, 6.45) is 7.32. The molecule has 0 unspecified atom stereocenters. The lowest BCUT2D eigenvalue weighted by molar-refractivity contribution is -0.133. The van der Waals surface area contributed by atoms with Crippen LogP contribution >= 0.6 is 11.6 Å². The largest absolute Gasteiger partial charge is 0.342 e. The zero-order chi connectivity index (χ0) is 19.8. The monoisotopic (exact) mass is 404 g/mol. The lowest BCUT2D eigenvalue weighted by Gasteiger charge is -2.32. The number of fused-ring (bicyclic) bond motifs is 1. The van der Waals surface area contributed by atoms with Gasteiger partial charge in [-0.2, -0.15) is 0 Å². The molecule has 2 aliphatic rings. The highest BCUT2D eigenvalue weighted by Crippen LogP contribution is 2.34. The Bertz CT molecular complexity index is 1030. The Labute approximate surface area is 176 Å². The van der Waals surface area contributed by atoms with Gasteiger partial charge in [0.1, 0.15) is 0 Å². The molecule has 1 saturated heterocycles. The Morgan fingerprint density at radius 3 is 2.52 bits per heavy atom. The summed E-state index contributed by atoms with van der Waals surface area (Å²) in [6, 6.07) is 16.8. The first-order chi connectivity index (χ1) is 14.2. The molecule has 0 N–H and O–H groups in total. The van der Waals surface area contributed by atoms with Gasteiger partial charge in [-0.05, 0) is 67.3 Å². The third kappa shape index (κ3) is 4.02. The molecule has 1 aliphatic carbocycles. The molecule has 148 valence electrons. The van der Waals surface area contributed by atoms with E-state index in [9.17, 15) is 4.79 Å². The van der Waals surface area contributed by atoms with E-state index in [0.29, 0.717) is 17.7 Å². The molecule has 0 radical (unpaired) electrons. The van der Waals surface area contributed by atoms with Crippen LogP contribution < -0.4 is 0 Å². The van der Waals surface area contributed by atoms with E-state index in [1.165, 1.54) is 5.56 Å². The molecule has 0 bridgehead atoms. The first-order valence-electron chi connectivity index (χ1n) is 10.6. The van der Waals surface area contributed by atoms with E-state index in [0.717, 1.165) is 72.2 Å². The average molecular weight is 405 g/mol. The maximum atomic E-state index is 12.2.